The zero-order valence-corrected chi connectivity index (χ0v) is 8.25. The Labute approximate surface area is 86.1 Å². The number of halogens is 1. The van der Waals surface area contributed by atoms with Crippen LogP contribution in [0, 0.1) is 5.41 Å². The summed E-state index contributed by atoms with van der Waals surface area (Å²) >= 11 is 5.80. The van der Waals surface area contributed by atoms with Crippen molar-refractivity contribution in [2.24, 2.45) is 5.41 Å². The summed E-state index contributed by atoms with van der Waals surface area (Å²) in [6.45, 7) is 0.211. The summed E-state index contributed by atoms with van der Waals surface area (Å²) in [6, 6.07) is 1.53. The van der Waals surface area contributed by atoms with Crippen LogP contribution in [0.2, 0.25) is 5.15 Å². The second kappa shape index (κ2) is 2.20. The van der Waals surface area contributed by atoms with E-state index in [0.717, 1.165) is 12.8 Å². The van der Waals surface area contributed by atoms with E-state index in [9.17, 15) is 0 Å². The number of nitrogens with two attached hydrogens (primary N) is 1. The lowest BCUT2D eigenvalue weighted by Gasteiger charge is -2.02. The average molecular weight is 212 g/mol. The number of aromatic nitrogens is 2. The molecule has 0 radical (unpaired) electrons. The number of aliphatic hydroxyl groups is 1. The fraction of sp³-hybridized carbons (Fsp3) is 0.556. The first-order chi connectivity index (χ1) is 6.62. The summed E-state index contributed by atoms with van der Waals surface area (Å²) in [5.41, 5.74) is 5.65. The Morgan fingerprint density at radius 2 is 2.21 bits per heavy atom. The summed E-state index contributed by atoms with van der Waals surface area (Å²) in [6.07, 6.45) is 1.94. The van der Waals surface area contributed by atoms with E-state index in [1.807, 2.05) is 0 Å². The maximum Gasteiger partial charge on any atom is 0.139 e. The van der Waals surface area contributed by atoms with Crippen LogP contribution in [0.5, 0.6) is 0 Å². The van der Waals surface area contributed by atoms with E-state index in [1.165, 1.54) is 6.07 Å². The van der Waals surface area contributed by atoms with Crippen LogP contribution in [0.3, 0.4) is 0 Å². The molecule has 0 spiro atoms. The van der Waals surface area contributed by atoms with Crippen LogP contribution in [0.25, 0.3) is 0 Å². The Bertz CT molecular complexity index is 394. The molecule has 0 amide bonds. The number of rotatable bonds is 2. The molecule has 14 heavy (non-hydrogen) atoms. The molecular weight excluding hydrogens is 202 g/mol. The molecule has 0 unspecified atom stereocenters. The number of nitrogen functional groups attached to an aromatic ring is 1. The van der Waals surface area contributed by atoms with Gasteiger partial charge >= 0.3 is 0 Å². The van der Waals surface area contributed by atoms with Gasteiger partial charge in [0, 0.05) is 23.5 Å². The van der Waals surface area contributed by atoms with Crippen molar-refractivity contribution in [3.63, 3.8) is 0 Å². The van der Waals surface area contributed by atoms with E-state index in [4.69, 9.17) is 22.4 Å². The largest absolute Gasteiger partial charge is 0.396 e. The number of fused-ring (bicyclic) bond motifs is 1. The van der Waals surface area contributed by atoms with Gasteiger partial charge in [-0.05, 0) is 12.8 Å². The Morgan fingerprint density at radius 1 is 1.50 bits per heavy atom. The number of hydrogen-bond donors (Lipinski definition) is 2. The molecule has 0 atom stereocenters. The molecule has 5 heteroatoms. The SMILES string of the molecule is Nc1cc(Cl)nc(C23CC2(CO)C3)n1. The lowest BCUT2D eigenvalue weighted by molar-refractivity contribution is 0.246. The Balaban J connectivity index is 2.00. The summed E-state index contributed by atoms with van der Waals surface area (Å²) in [4.78, 5) is 8.34. The van der Waals surface area contributed by atoms with Crippen LogP contribution in [0.15, 0.2) is 6.07 Å². The summed E-state index contributed by atoms with van der Waals surface area (Å²) < 4.78 is 0. The third-order valence-corrected chi connectivity index (χ3v) is 3.68. The summed E-state index contributed by atoms with van der Waals surface area (Å²) in [5, 5.41) is 9.53. The van der Waals surface area contributed by atoms with Crippen molar-refractivity contribution in [2.75, 3.05) is 12.3 Å². The highest BCUT2D eigenvalue weighted by Gasteiger charge is 2.85. The van der Waals surface area contributed by atoms with Crippen molar-refractivity contribution in [1.29, 1.82) is 0 Å². The van der Waals surface area contributed by atoms with Gasteiger partial charge in [0.25, 0.3) is 0 Å². The highest BCUT2D eigenvalue weighted by Crippen LogP contribution is 2.85. The van der Waals surface area contributed by atoms with Crippen LogP contribution in [0.1, 0.15) is 18.7 Å². The molecule has 2 aliphatic carbocycles. The third kappa shape index (κ3) is 0.828. The monoisotopic (exact) mass is 211 g/mol. The lowest BCUT2D eigenvalue weighted by atomic mass is 10.2. The maximum absolute atomic E-state index is 9.15. The van der Waals surface area contributed by atoms with Gasteiger partial charge in [0.2, 0.25) is 0 Å². The zero-order valence-electron chi connectivity index (χ0n) is 7.50. The van der Waals surface area contributed by atoms with E-state index >= 15 is 0 Å². The maximum atomic E-state index is 9.15. The smallest absolute Gasteiger partial charge is 0.139 e. The molecule has 0 saturated heterocycles. The molecule has 0 bridgehead atoms. The van der Waals surface area contributed by atoms with Gasteiger partial charge in [-0.3, -0.25) is 0 Å². The number of hydrogen-bond acceptors (Lipinski definition) is 4. The normalized spacial score (nSPS) is 37.9. The Morgan fingerprint density at radius 3 is 2.71 bits per heavy atom. The number of anilines is 1. The van der Waals surface area contributed by atoms with Crippen LogP contribution >= 0.6 is 11.6 Å². The second-order valence-corrected chi connectivity index (χ2v) is 4.70. The molecule has 1 aromatic rings. The minimum Gasteiger partial charge on any atom is -0.396 e. The highest BCUT2D eigenvalue weighted by molar-refractivity contribution is 6.29. The van der Waals surface area contributed by atoms with Crippen molar-refractivity contribution in [3.8, 4) is 0 Å². The van der Waals surface area contributed by atoms with Crippen LogP contribution < -0.4 is 5.73 Å². The van der Waals surface area contributed by atoms with Crippen LogP contribution in [0.4, 0.5) is 5.82 Å². The zero-order chi connectivity index (χ0) is 9.97. The molecule has 0 aromatic carbocycles. The first kappa shape index (κ1) is 8.44. The topological polar surface area (TPSA) is 72.0 Å². The minimum absolute atomic E-state index is 0.000764. The molecule has 3 N–H and O–H groups in total. The lowest BCUT2D eigenvalue weighted by Crippen LogP contribution is -2.05. The Hall–Kier alpha value is -0.870. The summed E-state index contributed by atoms with van der Waals surface area (Å²) in [7, 11) is 0. The molecule has 4 nitrogen and oxygen atoms in total. The van der Waals surface area contributed by atoms with Gasteiger partial charge in [-0.2, -0.15) is 0 Å². The van der Waals surface area contributed by atoms with Crippen molar-refractivity contribution in [1.82, 2.24) is 9.97 Å². The van der Waals surface area contributed by atoms with Crippen LogP contribution in [-0.2, 0) is 5.41 Å². The fourth-order valence-corrected chi connectivity index (χ4v) is 2.51. The van der Waals surface area contributed by atoms with Crippen molar-refractivity contribution >= 4 is 17.4 Å². The van der Waals surface area contributed by atoms with E-state index in [-0.39, 0.29) is 17.4 Å². The first-order valence-corrected chi connectivity index (χ1v) is 4.91. The highest BCUT2D eigenvalue weighted by atomic mass is 35.5. The Kier molecular flexibility index (Phi) is 1.33. The van der Waals surface area contributed by atoms with E-state index in [1.54, 1.807) is 0 Å². The molecular formula is C9H10ClN3O. The van der Waals surface area contributed by atoms with E-state index in [0.29, 0.717) is 16.8 Å². The molecule has 2 fully saturated rings. The molecule has 1 heterocycles. The summed E-state index contributed by atoms with van der Waals surface area (Å²) in [5.74, 6) is 1.11. The molecule has 3 rings (SSSR count). The van der Waals surface area contributed by atoms with E-state index in [2.05, 4.69) is 9.97 Å². The van der Waals surface area contributed by atoms with Gasteiger partial charge in [-0.15, -0.1) is 0 Å². The molecule has 74 valence electrons. The predicted octanol–water partition coefficient (Wildman–Crippen LogP) is 0.736. The number of nitrogens with zero attached hydrogens (tertiary/aromatic N) is 2. The first-order valence-electron chi connectivity index (χ1n) is 4.53. The predicted molar refractivity (Wildman–Crippen MR) is 51.9 cm³/mol. The average Bonchev–Trinajstić information content (AvgIpc) is 2.86. The molecule has 2 saturated carbocycles. The van der Waals surface area contributed by atoms with Crippen molar-refractivity contribution in [3.05, 3.63) is 17.0 Å². The van der Waals surface area contributed by atoms with Crippen molar-refractivity contribution < 1.29 is 5.11 Å². The van der Waals surface area contributed by atoms with Gasteiger partial charge in [0.15, 0.2) is 0 Å². The minimum atomic E-state index is 0.000764. The molecule has 0 aliphatic heterocycles. The quantitative estimate of drug-likeness (QED) is 0.708. The standard InChI is InChI=1S/C9H10ClN3O/c10-5-1-6(11)13-7(12-5)9-2-8(9,3-9)4-14/h1,14H,2-4H2,(H2,11,12,13). The van der Waals surface area contributed by atoms with Gasteiger partial charge in [0.05, 0.1) is 0 Å². The van der Waals surface area contributed by atoms with Crippen LogP contribution in [-0.4, -0.2) is 21.7 Å². The third-order valence-electron chi connectivity index (χ3n) is 3.49. The molecule has 2 aliphatic rings. The number of aliphatic hydroxyl groups excluding tert-OH is 1. The second-order valence-electron chi connectivity index (χ2n) is 4.31. The van der Waals surface area contributed by atoms with Crippen molar-refractivity contribution in [2.45, 2.75) is 18.3 Å². The van der Waals surface area contributed by atoms with Gasteiger partial charge in [0.1, 0.15) is 16.8 Å². The van der Waals surface area contributed by atoms with Gasteiger partial charge < -0.3 is 10.8 Å². The molecule has 1 aromatic heterocycles. The fourth-order valence-electron chi connectivity index (χ4n) is 2.32. The van der Waals surface area contributed by atoms with Gasteiger partial charge in [-0.25, -0.2) is 9.97 Å². The van der Waals surface area contributed by atoms with Gasteiger partial charge in [-0.1, -0.05) is 11.6 Å². The van der Waals surface area contributed by atoms with E-state index < -0.39 is 0 Å².